The maximum atomic E-state index is 13.7. The van der Waals surface area contributed by atoms with Gasteiger partial charge in [-0.05, 0) is 44.9 Å². The first-order chi connectivity index (χ1) is 17.0. The average molecular weight is 467 g/mol. The van der Waals surface area contributed by atoms with E-state index in [0.717, 1.165) is 22.3 Å². The van der Waals surface area contributed by atoms with Gasteiger partial charge in [-0.2, -0.15) is 0 Å². The number of anilines is 1. The number of hydrogen-bond donors (Lipinski definition) is 1. The molecule has 176 valence electrons. The lowest BCUT2D eigenvalue weighted by atomic mass is 10.2. The third-order valence-corrected chi connectivity index (χ3v) is 6.50. The maximum absolute atomic E-state index is 13.7. The lowest BCUT2D eigenvalue weighted by Crippen LogP contribution is -2.18. The quantitative estimate of drug-likeness (QED) is 0.390. The first-order valence-corrected chi connectivity index (χ1v) is 11.8. The number of carbonyl (C=O) groups is 1. The highest BCUT2D eigenvalue weighted by molar-refractivity contribution is 6.11. The number of fused-ring (bicyclic) bond motifs is 1. The highest BCUT2D eigenvalue weighted by Gasteiger charge is 2.28. The molecular formula is C26H26N8O. The zero-order valence-corrected chi connectivity index (χ0v) is 19.9. The molecule has 1 aliphatic carbocycles. The standard InChI is InChI=1S/C26H26N8O/c1-16(2)34-15-28-31-25(34)19-8-6-10-22(29-19)30-26(35)24-23(18-7-4-5-9-21(18)32(24)3)33-13-20(27-14-33)17-11-12-17/h4-10,13-17H,11-12H2,1-3H3,(H,29,30,35). The Morgan fingerprint density at radius 2 is 1.91 bits per heavy atom. The molecule has 0 aliphatic heterocycles. The number of pyridine rings is 1. The average Bonchev–Trinajstić information content (AvgIpc) is 3.27. The van der Waals surface area contributed by atoms with Crippen molar-refractivity contribution >= 4 is 22.6 Å². The molecule has 5 aromatic rings. The molecule has 9 nitrogen and oxygen atoms in total. The van der Waals surface area contributed by atoms with Gasteiger partial charge in [0.1, 0.15) is 23.5 Å². The van der Waals surface area contributed by atoms with Crippen LogP contribution in [-0.4, -0.2) is 39.8 Å². The van der Waals surface area contributed by atoms with Gasteiger partial charge in [0.15, 0.2) is 5.82 Å². The van der Waals surface area contributed by atoms with Gasteiger partial charge in [0, 0.05) is 30.6 Å². The van der Waals surface area contributed by atoms with E-state index in [4.69, 9.17) is 0 Å². The van der Waals surface area contributed by atoms with Crippen LogP contribution in [0.2, 0.25) is 0 Å². The van der Waals surface area contributed by atoms with E-state index in [9.17, 15) is 4.79 Å². The molecule has 0 saturated heterocycles. The molecule has 1 aliphatic rings. The molecule has 0 spiro atoms. The third-order valence-electron chi connectivity index (χ3n) is 6.50. The summed E-state index contributed by atoms with van der Waals surface area (Å²) in [6, 6.07) is 13.7. The fraction of sp³-hybridized carbons (Fsp3) is 0.269. The number of benzene rings is 1. The molecule has 4 heterocycles. The Morgan fingerprint density at radius 1 is 1.09 bits per heavy atom. The Balaban J connectivity index is 1.39. The van der Waals surface area contributed by atoms with Crippen LogP contribution >= 0.6 is 0 Å². The van der Waals surface area contributed by atoms with E-state index >= 15 is 0 Å². The number of amides is 1. The number of aromatic nitrogens is 7. The lowest BCUT2D eigenvalue weighted by Gasteiger charge is -2.12. The van der Waals surface area contributed by atoms with Crippen LogP contribution in [0, 0.1) is 0 Å². The van der Waals surface area contributed by atoms with Gasteiger partial charge in [-0.15, -0.1) is 10.2 Å². The smallest absolute Gasteiger partial charge is 0.275 e. The topological polar surface area (TPSA) is 95.5 Å². The highest BCUT2D eigenvalue weighted by Crippen LogP contribution is 2.40. The van der Waals surface area contributed by atoms with Crippen LogP contribution in [0.25, 0.3) is 28.1 Å². The fourth-order valence-electron chi connectivity index (χ4n) is 4.55. The van der Waals surface area contributed by atoms with Crippen LogP contribution in [-0.2, 0) is 7.05 Å². The van der Waals surface area contributed by atoms with Crippen molar-refractivity contribution in [1.29, 1.82) is 0 Å². The molecule has 1 fully saturated rings. The second-order valence-electron chi connectivity index (χ2n) is 9.27. The van der Waals surface area contributed by atoms with Crippen LogP contribution in [0.4, 0.5) is 5.82 Å². The fourth-order valence-corrected chi connectivity index (χ4v) is 4.55. The number of imidazole rings is 1. The first-order valence-electron chi connectivity index (χ1n) is 11.8. The van der Waals surface area contributed by atoms with Crippen molar-refractivity contribution < 1.29 is 4.79 Å². The predicted octanol–water partition coefficient (Wildman–Crippen LogP) is 4.73. The van der Waals surface area contributed by atoms with Crippen molar-refractivity contribution in [3.63, 3.8) is 0 Å². The predicted molar refractivity (Wildman–Crippen MR) is 134 cm³/mol. The van der Waals surface area contributed by atoms with Crippen molar-refractivity contribution in [1.82, 2.24) is 33.9 Å². The van der Waals surface area contributed by atoms with Crippen LogP contribution in [0.15, 0.2) is 61.3 Å². The number of nitrogens with one attached hydrogen (secondary N) is 1. The van der Waals surface area contributed by atoms with Gasteiger partial charge in [0.05, 0.1) is 23.2 Å². The third kappa shape index (κ3) is 3.69. The van der Waals surface area contributed by atoms with Crippen molar-refractivity contribution in [3.05, 3.63) is 72.7 Å². The summed E-state index contributed by atoms with van der Waals surface area (Å²) in [7, 11) is 1.91. The Labute approximate surface area is 202 Å². The second-order valence-corrected chi connectivity index (χ2v) is 9.27. The van der Waals surface area contributed by atoms with E-state index in [-0.39, 0.29) is 11.9 Å². The molecule has 4 aromatic heterocycles. The van der Waals surface area contributed by atoms with Crippen LogP contribution in [0.5, 0.6) is 0 Å². The molecule has 6 rings (SSSR count). The Morgan fingerprint density at radius 3 is 2.71 bits per heavy atom. The van der Waals surface area contributed by atoms with Gasteiger partial charge in [-0.25, -0.2) is 9.97 Å². The Kier molecular flexibility index (Phi) is 4.98. The summed E-state index contributed by atoms with van der Waals surface area (Å²) < 4.78 is 5.85. The van der Waals surface area contributed by atoms with E-state index in [0.29, 0.717) is 28.9 Å². The SMILES string of the molecule is CC(C)n1cnnc1-c1cccc(NC(=O)c2c(-n3cnc(C4CC4)c3)c3ccccc3n2C)n1. The molecule has 1 amide bonds. The number of carbonyl (C=O) groups excluding carboxylic acids is 1. The normalized spacial score (nSPS) is 13.6. The number of nitrogens with zero attached hydrogens (tertiary/aromatic N) is 7. The largest absolute Gasteiger partial charge is 0.338 e. The highest BCUT2D eigenvalue weighted by atomic mass is 16.2. The van der Waals surface area contributed by atoms with Gasteiger partial charge in [0.25, 0.3) is 5.91 Å². The van der Waals surface area contributed by atoms with Gasteiger partial charge >= 0.3 is 0 Å². The molecule has 0 bridgehead atoms. The molecule has 0 atom stereocenters. The first kappa shape index (κ1) is 21.3. The van der Waals surface area contributed by atoms with E-state index in [1.165, 1.54) is 12.8 Å². The summed E-state index contributed by atoms with van der Waals surface area (Å²) in [5.74, 6) is 1.40. The van der Waals surface area contributed by atoms with Crippen molar-refractivity contribution in [2.45, 2.75) is 38.6 Å². The summed E-state index contributed by atoms with van der Waals surface area (Å²) in [6.45, 7) is 4.12. The Bertz CT molecular complexity index is 1550. The number of rotatable bonds is 6. The summed E-state index contributed by atoms with van der Waals surface area (Å²) in [6.07, 6.45) is 7.90. The summed E-state index contributed by atoms with van der Waals surface area (Å²) in [4.78, 5) is 23.0. The second kappa shape index (κ2) is 8.19. The molecule has 1 aromatic carbocycles. The number of aryl methyl sites for hydroxylation is 1. The van der Waals surface area contributed by atoms with Crippen LogP contribution in [0.3, 0.4) is 0 Å². The molecule has 1 N–H and O–H groups in total. The van der Waals surface area contributed by atoms with E-state index < -0.39 is 0 Å². The monoisotopic (exact) mass is 466 g/mol. The van der Waals surface area contributed by atoms with Gasteiger partial charge in [-0.3, -0.25) is 4.79 Å². The maximum Gasteiger partial charge on any atom is 0.275 e. The van der Waals surface area contributed by atoms with Gasteiger partial charge < -0.3 is 19.0 Å². The molecule has 35 heavy (non-hydrogen) atoms. The van der Waals surface area contributed by atoms with E-state index in [1.54, 1.807) is 12.4 Å². The zero-order chi connectivity index (χ0) is 24.1. The summed E-state index contributed by atoms with van der Waals surface area (Å²) in [5, 5.41) is 12.3. The number of para-hydroxylation sites is 1. The van der Waals surface area contributed by atoms with Crippen LogP contribution in [0.1, 0.15) is 54.8 Å². The minimum atomic E-state index is -0.240. The molecule has 0 radical (unpaired) electrons. The van der Waals surface area contributed by atoms with Gasteiger partial charge in [-0.1, -0.05) is 24.3 Å². The molecular weight excluding hydrogens is 440 g/mol. The minimum absolute atomic E-state index is 0.189. The molecule has 0 unspecified atom stereocenters. The van der Waals surface area contributed by atoms with Crippen molar-refractivity contribution in [3.8, 4) is 17.2 Å². The van der Waals surface area contributed by atoms with Crippen molar-refractivity contribution in [2.24, 2.45) is 7.05 Å². The molecule has 1 saturated carbocycles. The number of hydrogen-bond acceptors (Lipinski definition) is 5. The summed E-state index contributed by atoms with van der Waals surface area (Å²) >= 11 is 0. The van der Waals surface area contributed by atoms with E-state index in [1.807, 2.05) is 69.7 Å². The molecule has 9 heteroatoms. The zero-order valence-electron chi connectivity index (χ0n) is 19.9. The van der Waals surface area contributed by atoms with Gasteiger partial charge in [0.2, 0.25) is 0 Å². The minimum Gasteiger partial charge on any atom is -0.338 e. The summed E-state index contributed by atoms with van der Waals surface area (Å²) in [5.41, 5.74) is 4.06. The lowest BCUT2D eigenvalue weighted by molar-refractivity contribution is 0.101. The Hall–Kier alpha value is -4.27. The van der Waals surface area contributed by atoms with E-state index in [2.05, 4.69) is 39.3 Å². The van der Waals surface area contributed by atoms with Crippen LogP contribution < -0.4 is 5.32 Å². The van der Waals surface area contributed by atoms with Crippen molar-refractivity contribution in [2.75, 3.05) is 5.32 Å².